The fourth-order valence-corrected chi connectivity index (χ4v) is 4.42. The minimum Gasteiger partial charge on any atom is -0.493 e. The van der Waals surface area contributed by atoms with Gasteiger partial charge in [-0.05, 0) is 77.5 Å². The van der Waals surface area contributed by atoms with Gasteiger partial charge in [-0.25, -0.2) is 9.78 Å². The lowest BCUT2D eigenvalue weighted by molar-refractivity contribution is -0.121. The van der Waals surface area contributed by atoms with Crippen LogP contribution < -0.4 is 20.1 Å². The molecule has 39 heavy (non-hydrogen) atoms. The molecule has 10 heteroatoms. The average Bonchev–Trinajstić information content (AvgIpc) is 3.58. The van der Waals surface area contributed by atoms with Gasteiger partial charge in [0.2, 0.25) is 5.91 Å². The summed E-state index contributed by atoms with van der Waals surface area (Å²) in [5, 5.41) is 6.71. The maximum Gasteiger partial charge on any atom is 0.407 e. The van der Waals surface area contributed by atoms with Gasteiger partial charge in [-0.15, -0.1) is 0 Å². The van der Waals surface area contributed by atoms with Gasteiger partial charge in [0, 0.05) is 31.3 Å². The zero-order valence-corrected chi connectivity index (χ0v) is 24.8. The predicted octanol–water partition coefficient (Wildman–Crippen LogP) is 7.37. The number of thiazole rings is 1. The van der Waals surface area contributed by atoms with E-state index in [0.29, 0.717) is 34.8 Å². The van der Waals surface area contributed by atoms with Gasteiger partial charge < -0.3 is 24.8 Å². The van der Waals surface area contributed by atoms with Crippen molar-refractivity contribution in [1.29, 1.82) is 0 Å². The first-order valence-corrected chi connectivity index (χ1v) is 14.8. The van der Waals surface area contributed by atoms with Crippen molar-refractivity contribution in [3.05, 3.63) is 40.4 Å². The molecule has 2 N–H and O–H groups in total. The van der Waals surface area contributed by atoms with E-state index < -0.39 is 11.7 Å². The molecule has 2 aromatic rings. The Labute approximate surface area is 240 Å². The number of benzene rings is 1. The highest BCUT2D eigenvalue weighted by molar-refractivity contribution is 7.14. The number of nitrogens with zero attached hydrogens (tertiary/aromatic N) is 1. The fourth-order valence-electron chi connectivity index (χ4n) is 3.52. The van der Waals surface area contributed by atoms with E-state index in [1.807, 2.05) is 45.9 Å². The number of unbranched alkanes of at least 4 members (excludes halogenated alkanes) is 3. The number of hydrogen-bond acceptors (Lipinski definition) is 7. The third kappa shape index (κ3) is 12.7. The monoisotopic (exact) mass is 577 g/mol. The van der Waals surface area contributed by atoms with Crippen LogP contribution in [0.4, 0.5) is 4.79 Å². The number of amides is 2. The molecule has 214 valence electrons. The molecular formula is C29H40ClN3O5S. The van der Waals surface area contributed by atoms with E-state index in [4.69, 9.17) is 25.8 Å². The van der Waals surface area contributed by atoms with E-state index in [-0.39, 0.29) is 11.9 Å². The second-order valence-electron chi connectivity index (χ2n) is 10.8. The van der Waals surface area contributed by atoms with Crippen LogP contribution in [-0.2, 0) is 9.53 Å². The second kappa shape index (κ2) is 15.1. The van der Waals surface area contributed by atoms with Crippen LogP contribution in [0.25, 0.3) is 6.08 Å². The number of rotatable bonds is 15. The highest BCUT2D eigenvalue weighted by Crippen LogP contribution is 2.35. The van der Waals surface area contributed by atoms with E-state index in [0.717, 1.165) is 42.9 Å². The third-order valence-corrected chi connectivity index (χ3v) is 6.86. The second-order valence-corrected chi connectivity index (χ2v) is 12.2. The van der Waals surface area contributed by atoms with Crippen molar-refractivity contribution in [3.63, 3.8) is 0 Å². The summed E-state index contributed by atoms with van der Waals surface area (Å²) in [6, 6.07) is 5.30. The van der Waals surface area contributed by atoms with E-state index in [1.165, 1.54) is 24.2 Å². The summed E-state index contributed by atoms with van der Waals surface area (Å²) >= 11 is 7.76. The Balaban J connectivity index is 1.29. The molecule has 1 aliphatic rings. The zero-order valence-electron chi connectivity index (χ0n) is 23.3. The molecule has 1 heterocycles. The first-order valence-electron chi connectivity index (χ1n) is 13.6. The molecule has 0 radical (unpaired) electrons. The molecular weight excluding hydrogens is 538 g/mol. The number of ether oxygens (including phenoxy) is 3. The van der Waals surface area contributed by atoms with Gasteiger partial charge in [0.25, 0.3) is 5.19 Å². The van der Waals surface area contributed by atoms with Crippen LogP contribution in [0.3, 0.4) is 0 Å². The summed E-state index contributed by atoms with van der Waals surface area (Å²) in [5.41, 5.74) is -0.492. The summed E-state index contributed by atoms with van der Waals surface area (Å²) in [6.07, 6.45) is 11.7. The fraction of sp³-hybridized carbons (Fsp3) is 0.552. The minimum absolute atomic E-state index is 0.0200. The first kappa shape index (κ1) is 30.8. The number of halogens is 1. The molecule has 1 aromatic carbocycles. The molecule has 0 bridgehead atoms. The molecule has 2 amide bonds. The molecule has 0 saturated heterocycles. The molecule has 1 fully saturated rings. The molecule has 0 aliphatic heterocycles. The van der Waals surface area contributed by atoms with Crippen LogP contribution in [0.1, 0.15) is 77.5 Å². The van der Waals surface area contributed by atoms with Crippen molar-refractivity contribution in [3.8, 4) is 16.7 Å². The number of aromatic nitrogens is 1. The Bertz CT molecular complexity index is 1110. The molecule has 1 atom stereocenters. The number of alkyl carbamates (subject to hydrolysis) is 1. The van der Waals surface area contributed by atoms with E-state index >= 15 is 0 Å². The van der Waals surface area contributed by atoms with Gasteiger partial charge in [-0.3, -0.25) is 4.79 Å². The predicted molar refractivity (Wildman–Crippen MR) is 156 cm³/mol. The lowest BCUT2D eigenvalue weighted by Gasteiger charge is -2.19. The van der Waals surface area contributed by atoms with E-state index in [9.17, 15) is 9.59 Å². The zero-order chi connectivity index (χ0) is 28.3. The summed E-state index contributed by atoms with van der Waals surface area (Å²) in [6.45, 7) is 8.74. The number of carbonyl (C=O) groups excluding carboxylic acids is 2. The van der Waals surface area contributed by atoms with Gasteiger partial charge in [-0.2, -0.15) is 0 Å². The maximum atomic E-state index is 12.2. The summed E-state index contributed by atoms with van der Waals surface area (Å²) in [5.74, 6) is 1.97. The molecule has 1 aromatic heterocycles. The van der Waals surface area contributed by atoms with Crippen molar-refractivity contribution in [2.75, 3.05) is 13.2 Å². The van der Waals surface area contributed by atoms with E-state index in [2.05, 4.69) is 15.6 Å². The van der Waals surface area contributed by atoms with Crippen LogP contribution in [0.15, 0.2) is 30.5 Å². The van der Waals surface area contributed by atoms with Gasteiger partial charge in [-0.1, -0.05) is 41.9 Å². The molecule has 8 nitrogen and oxygen atoms in total. The van der Waals surface area contributed by atoms with Crippen LogP contribution in [-0.4, -0.2) is 41.8 Å². The van der Waals surface area contributed by atoms with Crippen LogP contribution in [0, 0.1) is 5.92 Å². The Morgan fingerprint density at radius 1 is 1.21 bits per heavy atom. The average molecular weight is 578 g/mol. The lowest BCUT2D eigenvalue weighted by atomic mass is 10.1. The first-order chi connectivity index (χ1) is 18.6. The number of nitrogens with one attached hydrogen (secondary N) is 2. The summed E-state index contributed by atoms with van der Waals surface area (Å²) in [7, 11) is 0. The molecule has 1 saturated carbocycles. The standard InChI is InChI=1S/C29H40ClN3O5S/c1-20(33-26(34)9-7-5-6-8-16-31-27(35)38-29(2,3)4)10-14-23-18-32-28(39-23)37-25-15-13-22(17-24(25)30)36-19-21-11-12-21/h10,13-15,17-18,20-21H,5-9,11-12,16,19H2,1-4H3,(H,31,35)(H,33,34)/t20-/m0/s1. The van der Waals surface area contributed by atoms with Crippen molar-refractivity contribution in [2.45, 2.75) is 84.3 Å². The Kier molecular flexibility index (Phi) is 11.9. The third-order valence-electron chi connectivity index (χ3n) is 5.72. The quantitative estimate of drug-likeness (QED) is 0.214. The molecule has 3 rings (SSSR count). The highest BCUT2D eigenvalue weighted by Gasteiger charge is 2.22. The smallest absolute Gasteiger partial charge is 0.407 e. The Morgan fingerprint density at radius 2 is 1.97 bits per heavy atom. The van der Waals surface area contributed by atoms with Gasteiger partial charge >= 0.3 is 6.09 Å². The van der Waals surface area contributed by atoms with Crippen molar-refractivity contribution < 1.29 is 23.8 Å². The molecule has 0 unspecified atom stereocenters. The highest BCUT2D eigenvalue weighted by atomic mass is 35.5. The van der Waals surface area contributed by atoms with E-state index in [1.54, 1.807) is 18.3 Å². The molecule has 0 spiro atoms. The van der Waals surface area contributed by atoms with Crippen molar-refractivity contribution in [2.24, 2.45) is 5.92 Å². The SMILES string of the molecule is C[C@@H](C=Cc1cnc(Oc2ccc(OCC3CC3)cc2Cl)s1)NC(=O)CCCCCCNC(=O)OC(C)(C)C. The van der Waals surface area contributed by atoms with Crippen LogP contribution in [0.5, 0.6) is 16.7 Å². The largest absolute Gasteiger partial charge is 0.493 e. The lowest BCUT2D eigenvalue weighted by Crippen LogP contribution is -2.33. The van der Waals surface area contributed by atoms with Gasteiger partial charge in [0.1, 0.15) is 17.1 Å². The van der Waals surface area contributed by atoms with Gasteiger partial charge in [0.05, 0.1) is 16.5 Å². The Morgan fingerprint density at radius 3 is 2.69 bits per heavy atom. The maximum absolute atomic E-state index is 12.2. The normalized spacial score (nSPS) is 14.2. The van der Waals surface area contributed by atoms with Crippen molar-refractivity contribution >= 4 is 41.0 Å². The minimum atomic E-state index is -0.492. The number of hydrogen-bond donors (Lipinski definition) is 2. The van der Waals surface area contributed by atoms with Crippen LogP contribution >= 0.6 is 22.9 Å². The Hall–Kier alpha value is -2.78. The van der Waals surface area contributed by atoms with Gasteiger partial charge in [0.15, 0.2) is 0 Å². The summed E-state index contributed by atoms with van der Waals surface area (Å²) < 4.78 is 16.8. The van der Waals surface area contributed by atoms with Crippen molar-refractivity contribution in [1.82, 2.24) is 15.6 Å². The topological polar surface area (TPSA) is 98.8 Å². The summed E-state index contributed by atoms with van der Waals surface area (Å²) in [4.78, 5) is 29.1. The molecule has 1 aliphatic carbocycles. The number of carbonyl (C=O) groups is 2. The van der Waals surface area contributed by atoms with Crippen LogP contribution in [0.2, 0.25) is 5.02 Å².